The average Bonchev–Trinajstić information content (AvgIpc) is 3.10. The van der Waals surface area contributed by atoms with Crippen LogP contribution in [0.3, 0.4) is 0 Å². The normalized spacial score (nSPS) is 13.6. The molecule has 3 heterocycles. The summed E-state index contributed by atoms with van der Waals surface area (Å²) in [6.45, 7) is 6.29. The van der Waals surface area contributed by atoms with E-state index < -0.39 is 4.92 Å². The minimum absolute atomic E-state index is 0.0816. The molecule has 0 aliphatic carbocycles. The molecule has 0 saturated heterocycles. The van der Waals surface area contributed by atoms with Crippen molar-refractivity contribution in [2.45, 2.75) is 39.3 Å². The molecule has 9 heteroatoms. The largest absolute Gasteiger partial charge is 0.379 e. The second-order valence-electron chi connectivity index (χ2n) is 7.65. The Morgan fingerprint density at radius 3 is 2.97 bits per heavy atom. The number of rotatable bonds is 8. The first-order valence-electron chi connectivity index (χ1n) is 10.2. The smallest absolute Gasteiger partial charge is 0.353 e. The minimum atomic E-state index is -0.400. The summed E-state index contributed by atoms with van der Waals surface area (Å²) in [6.07, 6.45) is 3.08. The lowest BCUT2D eigenvalue weighted by Crippen LogP contribution is -2.31. The summed E-state index contributed by atoms with van der Waals surface area (Å²) in [6, 6.07) is 8.19. The molecule has 0 bridgehead atoms. The van der Waals surface area contributed by atoms with Crippen LogP contribution in [0.1, 0.15) is 31.5 Å². The number of nitro groups is 1. The van der Waals surface area contributed by atoms with Gasteiger partial charge in [0.15, 0.2) is 0 Å². The molecule has 158 valence electrons. The van der Waals surface area contributed by atoms with Gasteiger partial charge in [-0.1, -0.05) is 18.2 Å². The number of benzene rings is 1. The molecule has 0 radical (unpaired) electrons. The molecule has 0 saturated carbocycles. The van der Waals surface area contributed by atoms with Crippen molar-refractivity contribution in [2.24, 2.45) is 0 Å². The number of aromatic amines is 1. The summed E-state index contributed by atoms with van der Waals surface area (Å²) in [5.74, 6) is 0.595. The predicted octanol–water partition coefficient (Wildman–Crippen LogP) is 3.66. The van der Waals surface area contributed by atoms with Gasteiger partial charge in [0.2, 0.25) is 11.6 Å². The molecule has 2 N–H and O–H groups in total. The van der Waals surface area contributed by atoms with E-state index >= 15 is 0 Å². The maximum absolute atomic E-state index is 11.9. The fourth-order valence-electron chi connectivity index (χ4n) is 3.87. The maximum Gasteiger partial charge on any atom is 0.353 e. The summed E-state index contributed by atoms with van der Waals surface area (Å²) < 4.78 is 5.52. The Bertz CT molecular complexity index is 1050. The molecule has 3 aromatic rings. The van der Waals surface area contributed by atoms with Crippen LogP contribution in [0.25, 0.3) is 10.9 Å². The number of nitrogens with one attached hydrogen (secondary N) is 2. The van der Waals surface area contributed by atoms with Crippen LogP contribution in [0.5, 0.6) is 0 Å². The fraction of sp³-hybridized carbons (Fsp3) is 0.429. The third-order valence-electron chi connectivity index (χ3n) is 5.23. The van der Waals surface area contributed by atoms with Gasteiger partial charge in [0.1, 0.15) is 6.33 Å². The van der Waals surface area contributed by atoms with E-state index in [1.807, 2.05) is 30.9 Å². The zero-order chi connectivity index (χ0) is 21.1. The average molecular weight is 410 g/mol. The van der Waals surface area contributed by atoms with Gasteiger partial charge in [-0.25, -0.2) is 9.97 Å². The monoisotopic (exact) mass is 410 g/mol. The van der Waals surface area contributed by atoms with Crippen molar-refractivity contribution in [2.75, 3.05) is 29.9 Å². The van der Waals surface area contributed by atoms with Gasteiger partial charge in [0.05, 0.1) is 17.6 Å². The van der Waals surface area contributed by atoms with Gasteiger partial charge in [-0.15, -0.1) is 0 Å². The highest BCUT2D eigenvalue weighted by molar-refractivity contribution is 5.85. The van der Waals surface area contributed by atoms with E-state index in [2.05, 4.69) is 32.4 Å². The number of hydrogen-bond donors (Lipinski definition) is 2. The van der Waals surface area contributed by atoms with Crippen molar-refractivity contribution in [1.29, 1.82) is 0 Å². The Morgan fingerprint density at radius 2 is 2.17 bits per heavy atom. The number of hydrogen-bond acceptors (Lipinski definition) is 7. The van der Waals surface area contributed by atoms with Gasteiger partial charge in [-0.3, -0.25) is 10.1 Å². The van der Waals surface area contributed by atoms with E-state index in [9.17, 15) is 10.1 Å². The van der Waals surface area contributed by atoms with Crippen LogP contribution in [-0.2, 0) is 17.7 Å². The molecule has 2 aromatic heterocycles. The third-order valence-corrected chi connectivity index (χ3v) is 5.23. The first-order valence-corrected chi connectivity index (χ1v) is 10.2. The first kappa shape index (κ1) is 20.1. The highest BCUT2D eigenvalue weighted by Gasteiger charge is 2.30. The van der Waals surface area contributed by atoms with Gasteiger partial charge < -0.3 is 19.9 Å². The number of anilines is 2. The number of para-hydroxylation sites is 1. The summed E-state index contributed by atoms with van der Waals surface area (Å²) in [7, 11) is 0. The molecule has 0 atom stereocenters. The first-order chi connectivity index (χ1) is 14.5. The third kappa shape index (κ3) is 4.06. The summed E-state index contributed by atoms with van der Waals surface area (Å²) in [4.78, 5) is 25.3. The number of ether oxygens (including phenoxy) is 1. The Labute approximate surface area is 174 Å². The summed E-state index contributed by atoms with van der Waals surface area (Å²) in [5.41, 5.74) is 3.37. The lowest BCUT2D eigenvalue weighted by atomic mass is 10.0. The van der Waals surface area contributed by atoms with E-state index in [-0.39, 0.29) is 17.6 Å². The van der Waals surface area contributed by atoms with Gasteiger partial charge in [0, 0.05) is 36.3 Å². The van der Waals surface area contributed by atoms with Crippen molar-refractivity contribution < 1.29 is 9.66 Å². The second-order valence-corrected chi connectivity index (χ2v) is 7.65. The molecule has 1 aliphatic heterocycles. The van der Waals surface area contributed by atoms with Gasteiger partial charge in [-0.2, -0.15) is 0 Å². The second kappa shape index (κ2) is 8.66. The van der Waals surface area contributed by atoms with Crippen molar-refractivity contribution in [3.63, 3.8) is 0 Å². The van der Waals surface area contributed by atoms with Crippen molar-refractivity contribution in [3.8, 4) is 0 Å². The van der Waals surface area contributed by atoms with E-state index in [0.717, 1.165) is 24.1 Å². The molecule has 0 amide bonds. The zero-order valence-electron chi connectivity index (χ0n) is 17.2. The maximum atomic E-state index is 11.9. The van der Waals surface area contributed by atoms with Crippen molar-refractivity contribution in [1.82, 2.24) is 15.0 Å². The molecule has 30 heavy (non-hydrogen) atoms. The Balaban J connectivity index is 1.54. The van der Waals surface area contributed by atoms with E-state index in [0.29, 0.717) is 32.1 Å². The summed E-state index contributed by atoms with van der Waals surface area (Å²) >= 11 is 0. The molecule has 0 unspecified atom stereocenters. The van der Waals surface area contributed by atoms with E-state index in [1.165, 1.54) is 17.3 Å². The predicted molar refractivity (Wildman–Crippen MR) is 116 cm³/mol. The highest BCUT2D eigenvalue weighted by atomic mass is 16.6. The van der Waals surface area contributed by atoms with Gasteiger partial charge in [-0.05, 0) is 38.3 Å². The minimum Gasteiger partial charge on any atom is -0.379 e. The topological polar surface area (TPSA) is 109 Å². The van der Waals surface area contributed by atoms with Crippen molar-refractivity contribution in [3.05, 3.63) is 52.0 Å². The van der Waals surface area contributed by atoms with Crippen LogP contribution < -0.4 is 10.2 Å². The van der Waals surface area contributed by atoms with Crippen LogP contribution in [-0.4, -0.2) is 45.7 Å². The van der Waals surface area contributed by atoms with Crippen LogP contribution in [0, 0.1) is 10.1 Å². The highest BCUT2D eigenvalue weighted by Crippen LogP contribution is 2.35. The van der Waals surface area contributed by atoms with E-state index in [4.69, 9.17) is 4.74 Å². The van der Waals surface area contributed by atoms with Gasteiger partial charge >= 0.3 is 5.69 Å². The molecule has 9 nitrogen and oxygen atoms in total. The quantitative estimate of drug-likeness (QED) is 0.331. The fourth-order valence-corrected chi connectivity index (χ4v) is 3.87. The molecule has 0 fully saturated rings. The lowest BCUT2D eigenvalue weighted by Gasteiger charge is -2.27. The number of aromatic nitrogens is 3. The Hall–Kier alpha value is -3.20. The van der Waals surface area contributed by atoms with E-state index in [1.54, 1.807) is 0 Å². The molecule has 0 spiro atoms. The molecule has 4 rings (SSSR count). The zero-order valence-corrected chi connectivity index (χ0v) is 17.2. The number of fused-ring (bicyclic) bond motifs is 3. The van der Waals surface area contributed by atoms with Crippen LogP contribution in [0.15, 0.2) is 30.6 Å². The van der Waals surface area contributed by atoms with Crippen LogP contribution >= 0.6 is 0 Å². The molecular formula is C21H26N6O3. The standard InChI is InChI=1S/C21H26N6O3/c1-14(2)30-11-5-9-22-20-19(27(28)29)21(24-13-23-20)26-10-8-16-15-6-3-4-7-17(15)25-18(16)12-26/h3-4,6-7,13-14,25H,5,8-12H2,1-2H3,(H,22,23,24). The Kier molecular flexibility index (Phi) is 5.80. The SMILES string of the molecule is CC(C)OCCCNc1ncnc(N2CCc3c([nH]c4ccccc34)C2)c1[N+](=O)[O-]. The number of H-pyrrole nitrogens is 1. The van der Waals surface area contributed by atoms with Crippen LogP contribution in [0.2, 0.25) is 0 Å². The molecule has 1 aromatic carbocycles. The lowest BCUT2D eigenvalue weighted by molar-refractivity contribution is -0.383. The van der Waals surface area contributed by atoms with Gasteiger partial charge in [0.25, 0.3) is 0 Å². The van der Waals surface area contributed by atoms with Crippen LogP contribution in [0.4, 0.5) is 17.3 Å². The van der Waals surface area contributed by atoms with Crippen molar-refractivity contribution >= 4 is 28.2 Å². The summed E-state index contributed by atoms with van der Waals surface area (Å²) in [5, 5.41) is 16.2. The molecule has 1 aliphatic rings. The number of nitrogens with zero attached hydrogens (tertiary/aromatic N) is 4. The molecular weight excluding hydrogens is 384 g/mol. The Morgan fingerprint density at radius 1 is 1.33 bits per heavy atom.